The highest BCUT2D eigenvalue weighted by molar-refractivity contribution is 5.99. The maximum Gasteiger partial charge on any atom is 0.414 e. The van der Waals surface area contributed by atoms with Crippen molar-refractivity contribution in [1.82, 2.24) is 5.48 Å². The minimum absolute atomic E-state index is 0.0466. The summed E-state index contributed by atoms with van der Waals surface area (Å²) in [5.74, 6) is -0.571. The summed E-state index contributed by atoms with van der Waals surface area (Å²) >= 11 is 0. The number of hydroxylamine groups is 1. The maximum atomic E-state index is 11.9. The second-order valence-corrected chi connectivity index (χ2v) is 3.37. The van der Waals surface area contributed by atoms with Gasteiger partial charge in [-0.3, -0.25) is 9.63 Å². The molecule has 0 fully saturated rings. The highest BCUT2D eigenvalue weighted by atomic mass is 19.4. The van der Waals surface area contributed by atoms with E-state index in [4.69, 9.17) is 9.47 Å². The van der Waals surface area contributed by atoms with Gasteiger partial charge >= 0.3 is 6.18 Å². The SMILES string of the molecule is COc1cccc(OC)c1C(=O)NOCC(F)(F)F. The Labute approximate surface area is 107 Å². The van der Waals surface area contributed by atoms with Crippen LogP contribution in [0.25, 0.3) is 0 Å². The molecule has 0 saturated heterocycles. The number of benzene rings is 1. The summed E-state index contributed by atoms with van der Waals surface area (Å²) in [5.41, 5.74) is 1.64. The molecule has 106 valence electrons. The molecule has 0 heterocycles. The number of carbonyl (C=O) groups excluding carboxylic acids is 1. The van der Waals surface area contributed by atoms with E-state index in [1.165, 1.54) is 26.4 Å². The predicted molar refractivity (Wildman–Crippen MR) is 59.0 cm³/mol. The van der Waals surface area contributed by atoms with Gasteiger partial charge in [0, 0.05) is 0 Å². The number of methoxy groups -OCH3 is 2. The standard InChI is InChI=1S/C11H12F3NO4/c1-17-7-4-3-5-8(18-2)9(7)10(16)15-19-6-11(12,13)14/h3-5H,6H2,1-2H3,(H,15,16). The van der Waals surface area contributed by atoms with Crippen LogP contribution in [0, 0.1) is 0 Å². The number of amides is 1. The van der Waals surface area contributed by atoms with Gasteiger partial charge in [0.05, 0.1) is 14.2 Å². The van der Waals surface area contributed by atoms with E-state index in [2.05, 4.69) is 4.84 Å². The third-order valence-electron chi connectivity index (χ3n) is 2.06. The number of hydrogen-bond donors (Lipinski definition) is 1. The van der Waals surface area contributed by atoms with E-state index in [9.17, 15) is 18.0 Å². The van der Waals surface area contributed by atoms with E-state index >= 15 is 0 Å². The maximum absolute atomic E-state index is 11.9. The zero-order valence-electron chi connectivity index (χ0n) is 10.2. The Morgan fingerprint density at radius 3 is 2.16 bits per heavy atom. The molecule has 0 aliphatic carbocycles. The van der Waals surface area contributed by atoms with Gasteiger partial charge in [0.15, 0.2) is 6.61 Å². The lowest BCUT2D eigenvalue weighted by molar-refractivity contribution is -0.184. The molecule has 0 spiro atoms. The molecule has 1 rings (SSSR count). The lowest BCUT2D eigenvalue weighted by Crippen LogP contribution is -2.30. The fraction of sp³-hybridized carbons (Fsp3) is 0.364. The summed E-state index contributed by atoms with van der Waals surface area (Å²) < 4.78 is 45.5. The quantitative estimate of drug-likeness (QED) is 0.837. The van der Waals surface area contributed by atoms with Crippen molar-refractivity contribution in [2.45, 2.75) is 6.18 Å². The number of alkyl halides is 3. The number of nitrogens with one attached hydrogen (secondary N) is 1. The van der Waals surface area contributed by atoms with Gasteiger partial charge in [-0.15, -0.1) is 0 Å². The number of ether oxygens (including phenoxy) is 2. The molecule has 0 saturated carbocycles. The van der Waals surface area contributed by atoms with Crippen LogP contribution in [0.15, 0.2) is 18.2 Å². The first-order valence-corrected chi connectivity index (χ1v) is 5.09. The van der Waals surface area contributed by atoms with Crippen molar-refractivity contribution in [1.29, 1.82) is 0 Å². The zero-order valence-corrected chi connectivity index (χ0v) is 10.2. The van der Waals surface area contributed by atoms with Gasteiger partial charge < -0.3 is 9.47 Å². The number of hydrogen-bond acceptors (Lipinski definition) is 4. The first-order chi connectivity index (χ1) is 8.89. The van der Waals surface area contributed by atoms with Crippen molar-refractivity contribution in [2.75, 3.05) is 20.8 Å². The van der Waals surface area contributed by atoms with Crippen LogP contribution >= 0.6 is 0 Å². The fourth-order valence-electron chi connectivity index (χ4n) is 1.31. The van der Waals surface area contributed by atoms with Gasteiger partial charge in [0.1, 0.15) is 17.1 Å². The van der Waals surface area contributed by atoms with E-state index in [-0.39, 0.29) is 17.1 Å². The molecular formula is C11H12F3NO4. The Morgan fingerprint density at radius 2 is 1.74 bits per heavy atom. The zero-order chi connectivity index (χ0) is 14.5. The average molecular weight is 279 g/mol. The molecule has 1 aromatic rings. The Hall–Kier alpha value is -1.96. The molecular weight excluding hydrogens is 267 g/mol. The van der Waals surface area contributed by atoms with Gasteiger partial charge in [-0.2, -0.15) is 13.2 Å². The molecule has 0 aliphatic heterocycles. The van der Waals surface area contributed by atoms with E-state index in [1.54, 1.807) is 11.5 Å². The average Bonchev–Trinajstić information content (AvgIpc) is 2.35. The number of halogens is 3. The molecule has 1 N–H and O–H groups in total. The molecule has 0 bridgehead atoms. The van der Waals surface area contributed by atoms with Gasteiger partial charge in [-0.25, -0.2) is 5.48 Å². The first kappa shape index (κ1) is 15.1. The Morgan fingerprint density at radius 1 is 1.21 bits per heavy atom. The summed E-state index contributed by atoms with van der Waals surface area (Å²) in [6.45, 7) is -1.59. The summed E-state index contributed by atoms with van der Waals surface area (Å²) in [4.78, 5) is 15.8. The highest BCUT2D eigenvalue weighted by Crippen LogP contribution is 2.28. The van der Waals surface area contributed by atoms with E-state index in [0.717, 1.165) is 0 Å². The predicted octanol–water partition coefficient (Wildman–Crippen LogP) is 1.93. The van der Waals surface area contributed by atoms with Crippen LogP contribution in [0.1, 0.15) is 10.4 Å². The van der Waals surface area contributed by atoms with Crippen LogP contribution in [0.2, 0.25) is 0 Å². The van der Waals surface area contributed by atoms with Gasteiger partial charge in [-0.05, 0) is 12.1 Å². The van der Waals surface area contributed by atoms with Crippen molar-refractivity contribution in [3.05, 3.63) is 23.8 Å². The van der Waals surface area contributed by atoms with Crippen molar-refractivity contribution in [2.24, 2.45) is 0 Å². The first-order valence-electron chi connectivity index (χ1n) is 5.09. The number of rotatable bonds is 5. The summed E-state index contributed by atoms with van der Waals surface area (Å²) in [6, 6.07) is 4.52. The van der Waals surface area contributed by atoms with Crippen LogP contribution in [0.3, 0.4) is 0 Å². The van der Waals surface area contributed by atoms with E-state index < -0.39 is 18.7 Å². The summed E-state index contributed by atoms with van der Waals surface area (Å²) in [6.07, 6.45) is -4.53. The van der Waals surface area contributed by atoms with E-state index in [0.29, 0.717) is 0 Å². The third-order valence-corrected chi connectivity index (χ3v) is 2.06. The van der Waals surface area contributed by atoms with Gasteiger partial charge in [-0.1, -0.05) is 6.07 Å². The Bertz CT molecular complexity index is 426. The molecule has 1 aromatic carbocycles. The Kier molecular flexibility index (Phi) is 4.99. The molecule has 0 radical (unpaired) electrons. The largest absolute Gasteiger partial charge is 0.496 e. The molecule has 19 heavy (non-hydrogen) atoms. The minimum Gasteiger partial charge on any atom is -0.496 e. The van der Waals surface area contributed by atoms with Crippen LogP contribution < -0.4 is 15.0 Å². The van der Waals surface area contributed by atoms with Crippen LogP contribution in [0.4, 0.5) is 13.2 Å². The molecule has 1 amide bonds. The molecule has 0 aromatic heterocycles. The highest BCUT2D eigenvalue weighted by Gasteiger charge is 2.29. The molecule has 0 aliphatic rings. The second kappa shape index (κ2) is 6.28. The van der Waals surface area contributed by atoms with Crippen molar-refractivity contribution in [3.8, 4) is 11.5 Å². The topological polar surface area (TPSA) is 56.8 Å². The summed E-state index contributed by atoms with van der Waals surface area (Å²) in [7, 11) is 2.64. The van der Waals surface area contributed by atoms with E-state index in [1.807, 2.05) is 0 Å². The summed E-state index contributed by atoms with van der Waals surface area (Å²) in [5, 5.41) is 0. The molecule has 5 nitrogen and oxygen atoms in total. The van der Waals surface area contributed by atoms with Crippen molar-refractivity contribution >= 4 is 5.91 Å². The number of carbonyl (C=O) groups is 1. The normalized spacial score (nSPS) is 11.0. The molecule has 8 heteroatoms. The smallest absolute Gasteiger partial charge is 0.414 e. The lowest BCUT2D eigenvalue weighted by Gasteiger charge is -2.13. The minimum atomic E-state index is -4.53. The third kappa shape index (κ3) is 4.32. The second-order valence-electron chi connectivity index (χ2n) is 3.37. The molecule has 0 unspecified atom stereocenters. The molecule has 0 atom stereocenters. The van der Waals surface area contributed by atoms with Crippen LogP contribution in [-0.2, 0) is 4.84 Å². The Balaban J connectivity index is 2.81. The van der Waals surface area contributed by atoms with Crippen LogP contribution in [0.5, 0.6) is 11.5 Å². The van der Waals surface area contributed by atoms with Crippen molar-refractivity contribution < 1.29 is 32.3 Å². The van der Waals surface area contributed by atoms with Crippen molar-refractivity contribution in [3.63, 3.8) is 0 Å². The van der Waals surface area contributed by atoms with Gasteiger partial charge in [0.2, 0.25) is 0 Å². The monoisotopic (exact) mass is 279 g/mol. The van der Waals surface area contributed by atoms with Gasteiger partial charge in [0.25, 0.3) is 5.91 Å². The van der Waals surface area contributed by atoms with Crippen LogP contribution in [-0.4, -0.2) is 32.9 Å². The fourth-order valence-corrected chi connectivity index (χ4v) is 1.31. The lowest BCUT2D eigenvalue weighted by atomic mass is 10.1.